The van der Waals surface area contributed by atoms with Crippen molar-refractivity contribution in [1.82, 2.24) is 14.3 Å². The average Bonchev–Trinajstić information content (AvgIpc) is 2.92. The second-order valence-corrected chi connectivity index (χ2v) is 7.05. The van der Waals surface area contributed by atoms with Gasteiger partial charge in [0.25, 0.3) is 10.0 Å². The molecule has 0 bridgehead atoms. The van der Waals surface area contributed by atoms with Crippen LogP contribution in [0.15, 0.2) is 16.4 Å². The Morgan fingerprint density at radius 1 is 1.57 bits per heavy atom. The molecule has 0 aromatic carbocycles. The van der Waals surface area contributed by atoms with Gasteiger partial charge in [-0.25, -0.2) is 13.4 Å². The molecular weight excluding hydrogens is 294 g/mol. The van der Waals surface area contributed by atoms with E-state index in [4.69, 9.17) is 10.9 Å². The zero-order valence-electron chi connectivity index (χ0n) is 12.6. The summed E-state index contributed by atoms with van der Waals surface area (Å²) in [5.41, 5.74) is 5.42. The SMILES string of the molecule is CCc1ncc(S(=O)(=O)N(CCC(N)=NO)CC(C)C)[nH]1. The number of nitrogens with zero attached hydrogens (tertiary/aromatic N) is 3. The number of aryl methyl sites for hydroxylation is 1. The molecule has 1 heterocycles. The molecule has 0 fully saturated rings. The van der Waals surface area contributed by atoms with Crippen LogP contribution in [0.1, 0.15) is 33.0 Å². The van der Waals surface area contributed by atoms with Crippen LogP contribution in [-0.2, 0) is 16.4 Å². The van der Waals surface area contributed by atoms with Gasteiger partial charge in [0.2, 0.25) is 0 Å². The molecule has 0 aliphatic heterocycles. The smallest absolute Gasteiger partial charge is 0.260 e. The molecule has 0 atom stereocenters. The van der Waals surface area contributed by atoms with E-state index in [1.807, 2.05) is 20.8 Å². The fourth-order valence-corrected chi connectivity index (χ4v) is 3.34. The maximum atomic E-state index is 12.6. The highest BCUT2D eigenvalue weighted by Gasteiger charge is 2.27. The van der Waals surface area contributed by atoms with E-state index in [9.17, 15) is 8.42 Å². The summed E-state index contributed by atoms with van der Waals surface area (Å²) < 4.78 is 26.5. The number of nitrogens with two attached hydrogens (primary N) is 1. The first-order valence-electron chi connectivity index (χ1n) is 6.81. The molecule has 1 aromatic heterocycles. The van der Waals surface area contributed by atoms with Gasteiger partial charge in [0, 0.05) is 25.9 Å². The van der Waals surface area contributed by atoms with Crippen molar-refractivity contribution in [2.45, 2.75) is 38.6 Å². The third-order valence-corrected chi connectivity index (χ3v) is 4.65. The fourth-order valence-electron chi connectivity index (χ4n) is 1.80. The Bertz CT molecular complexity index is 579. The number of rotatable bonds is 8. The largest absolute Gasteiger partial charge is 0.409 e. The summed E-state index contributed by atoms with van der Waals surface area (Å²) in [6.45, 7) is 6.24. The van der Waals surface area contributed by atoms with E-state index in [1.165, 1.54) is 10.5 Å². The number of aromatic amines is 1. The minimum atomic E-state index is -3.67. The predicted octanol–water partition coefficient (Wildman–Crippen LogP) is 0.755. The minimum Gasteiger partial charge on any atom is -0.409 e. The molecule has 120 valence electrons. The van der Waals surface area contributed by atoms with Gasteiger partial charge in [-0.05, 0) is 5.92 Å². The Balaban J connectivity index is 2.99. The highest BCUT2D eigenvalue weighted by atomic mass is 32.2. The van der Waals surface area contributed by atoms with Crippen molar-refractivity contribution in [3.63, 3.8) is 0 Å². The number of hydrogen-bond donors (Lipinski definition) is 3. The summed E-state index contributed by atoms with van der Waals surface area (Å²) in [4.78, 5) is 6.83. The van der Waals surface area contributed by atoms with Gasteiger partial charge in [0.15, 0.2) is 5.03 Å². The van der Waals surface area contributed by atoms with Crippen molar-refractivity contribution < 1.29 is 13.6 Å². The molecule has 1 aromatic rings. The Morgan fingerprint density at radius 3 is 2.71 bits per heavy atom. The van der Waals surface area contributed by atoms with Crippen LogP contribution in [0.25, 0.3) is 0 Å². The molecule has 0 saturated heterocycles. The third-order valence-electron chi connectivity index (χ3n) is 2.87. The van der Waals surface area contributed by atoms with Gasteiger partial charge in [-0.2, -0.15) is 4.31 Å². The van der Waals surface area contributed by atoms with E-state index in [0.29, 0.717) is 18.8 Å². The summed E-state index contributed by atoms with van der Waals surface area (Å²) in [5.74, 6) is 0.771. The molecule has 0 saturated carbocycles. The lowest BCUT2D eigenvalue weighted by molar-refractivity contribution is 0.314. The fraction of sp³-hybridized carbons (Fsp3) is 0.667. The Labute approximate surface area is 125 Å². The molecule has 8 nitrogen and oxygen atoms in total. The zero-order chi connectivity index (χ0) is 16.0. The van der Waals surface area contributed by atoms with E-state index >= 15 is 0 Å². The number of aromatic nitrogens is 2. The average molecular weight is 317 g/mol. The topological polar surface area (TPSA) is 125 Å². The van der Waals surface area contributed by atoms with Crippen LogP contribution in [-0.4, -0.2) is 46.8 Å². The van der Waals surface area contributed by atoms with Gasteiger partial charge in [-0.1, -0.05) is 25.9 Å². The molecule has 21 heavy (non-hydrogen) atoms. The van der Waals surface area contributed by atoms with Crippen LogP contribution >= 0.6 is 0 Å². The lowest BCUT2D eigenvalue weighted by Gasteiger charge is -2.22. The Morgan fingerprint density at radius 2 is 2.24 bits per heavy atom. The maximum Gasteiger partial charge on any atom is 0.260 e. The van der Waals surface area contributed by atoms with Gasteiger partial charge in [0.05, 0.1) is 6.20 Å². The van der Waals surface area contributed by atoms with Crippen LogP contribution in [0.2, 0.25) is 0 Å². The number of oxime groups is 1. The molecule has 0 unspecified atom stereocenters. The second kappa shape index (κ2) is 7.41. The standard InChI is InChI=1S/C12H23N5O3S/c1-4-11-14-7-12(15-11)21(19,20)17(8-9(2)3)6-5-10(13)16-18/h7,9,18H,4-6,8H2,1-3H3,(H2,13,16)(H,14,15). The maximum absolute atomic E-state index is 12.6. The molecule has 0 amide bonds. The third kappa shape index (κ3) is 4.71. The molecule has 0 spiro atoms. The van der Waals surface area contributed by atoms with Crippen LogP contribution in [0.4, 0.5) is 0 Å². The van der Waals surface area contributed by atoms with Crippen LogP contribution < -0.4 is 5.73 Å². The molecular formula is C12H23N5O3S. The summed E-state index contributed by atoms with van der Waals surface area (Å²) in [7, 11) is -3.67. The van der Waals surface area contributed by atoms with Gasteiger partial charge >= 0.3 is 0 Å². The zero-order valence-corrected chi connectivity index (χ0v) is 13.4. The normalized spacial score (nSPS) is 13.3. The Kier molecular flexibility index (Phi) is 6.16. The monoisotopic (exact) mass is 317 g/mol. The molecule has 4 N–H and O–H groups in total. The molecule has 9 heteroatoms. The number of H-pyrrole nitrogens is 1. The number of nitrogens with one attached hydrogen (secondary N) is 1. The number of hydrogen-bond acceptors (Lipinski definition) is 5. The van der Waals surface area contributed by atoms with Crippen molar-refractivity contribution in [2.75, 3.05) is 13.1 Å². The van der Waals surface area contributed by atoms with E-state index in [2.05, 4.69) is 15.1 Å². The molecule has 0 aliphatic rings. The second-order valence-electron chi connectivity index (χ2n) is 5.15. The predicted molar refractivity (Wildman–Crippen MR) is 79.6 cm³/mol. The van der Waals surface area contributed by atoms with Gasteiger partial charge in [-0.3, -0.25) is 0 Å². The van der Waals surface area contributed by atoms with Gasteiger partial charge < -0.3 is 15.9 Å². The minimum absolute atomic E-state index is 0.00202. The number of imidazole rings is 1. The van der Waals surface area contributed by atoms with Gasteiger partial charge in [-0.15, -0.1) is 0 Å². The van der Waals surface area contributed by atoms with E-state index < -0.39 is 10.0 Å². The number of sulfonamides is 1. The number of amidine groups is 1. The lowest BCUT2D eigenvalue weighted by Crippen LogP contribution is -2.37. The van der Waals surface area contributed by atoms with E-state index in [1.54, 1.807) is 0 Å². The van der Waals surface area contributed by atoms with E-state index in [0.717, 1.165) is 0 Å². The van der Waals surface area contributed by atoms with Crippen molar-refractivity contribution in [2.24, 2.45) is 16.8 Å². The quantitative estimate of drug-likeness (QED) is 0.282. The van der Waals surface area contributed by atoms with Crippen molar-refractivity contribution in [1.29, 1.82) is 0 Å². The van der Waals surface area contributed by atoms with Crippen LogP contribution in [0, 0.1) is 5.92 Å². The molecule has 0 radical (unpaired) electrons. The summed E-state index contributed by atoms with van der Waals surface area (Å²) in [6, 6.07) is 0. The van der Waals surface area contributed by atoms with Crippen molar-refractivity contribution in [3.05, 3.63) is 12.0 Å². The van der Waals surface area contributed by atoms with Crippen LogP contribution in [0.3, 0.4) is 0 Å². The Hall–Kier alpha value is -1.61. The van der Waals surface area contributed by atoms with Crippen molar-refractivity contribution >= 4 is 15.9 Å². The van der Waals surface area contributed by atoms with Crippen molar-refractivity contribution in [3.8, 4) is 0 Å². The first-order valence-corrected chi connectivity index (χ1v) is 8.25. The van der Waals surface area contributed by atoms with Gasteiger partial charge in [0.1, 0.15) is 11.7 Å². The first-order chi connectivity index (χ1) is 9.81. The highest BCUT2D eigenvalue weighted by molar-refractivity contribution is 7.89. The summed E-state index contributed by atoms with van der Waals surface area (Å²) in [6.07, 6.45) is 2.12. The summed E-state index contributed by atoms with van der Waals surface area (Å²) >= 11 is 0. The lowest BCUT2D eigenvalue weighted by atomic mass is 10.2. The highest BCUT2D eigenvalue weighted by Crippen LogP contribution is 2.16. The first kappa shape index (κ1) is 17.4. The molecule has 0 aliphatic carbocycles. The van der Waals surface area contributed by atoms with Crippen LogP contribution in [0.5, 0.6) is 0 Å². The molecule has 1 rings (SSSR count). The van der Waals surface area contributed by atoms with E-state index in [-0.39, 0.29) is 29.7 Å². The summed E-state index contributed by atoms with van der Waals surface area (Å²) in [5, 5.41) is 11.5.